The van der Waals surface area contributed by atoms with Gasteiger partial charge in [0.05, 0.1) is 5.69 Å². The molecule has 2 rings (SSSR count). The van der Waals surface area contributed by atoms with E-state index in [1.807, 2.05) is 0 Å². The number of urea groups is 1. The molecule has 1 heterocycles. The summed E-state index contributed by atoms with van der Waals surface area (Å²) in [4.78, 5) is 24.6. The summed E-state index contributed by atoms with van der Waals surface area (Å²) in [7, 11) is 0. The quantitative estimate of drug-likeness (QED) is 0.815. The lowest BCUT2D eigenvalue weighted by Gasteiger charge is -2.18. The predicted molar refractivity (Wildman–Crippen MR) is 61.6 cm³/mol. The van der Waals surface area contributed by atoms with Crippen LogP contribution in [0.2, 0.25) is 5.02 Å². The van der Waals surface area contributed by atoms with Gasteiger partial charge in [-0.3, -0.25) is 4.79 Å². The van der Waals surface area contributed by atoms with Gasteiger partial charge in [0.15, 0.2) is 0 Å². The number of benzene rings is 1. The number of carbonyl (C=O) groups excluding carboxylic acids is 2. The Hall–Kier alpha value is -1.55. The van der Waals surface area contributed by atoms with E-state index in [1.165, 1.54) is 0 Å². The van der Waals surface area contributed by atoms with E-state index < -0.39 is 0 Å². The lowest BCUT2D eigenvalue weighted by molar-refractivity contribution is -0.117. The third kappa shape index (κ3) is 2.17. The molecule has 1 N–H and O–H groups in total. The number of hydrogen-bond acceptors (Lipinski definition) is 2. The van der Waals surface area contributed by atoms with Crippen molar-refractivity contribution in [2.75, 3.05) is 11.4 Å². The molecule has 5 heteroatoms. The average Bonchev–Trinajstić information content (AvgIpc) is 2.40. The van der Waals surface area contributed by atoms with Crippen molar-refractivity contribution in [3.8, 4) is 0 Å². The van der Waals surface area contributed by atoms with Crippen LogP contribution in [0, 0.1) is 0 Å². The van der Waals surface area contributed by atoms with E-state index in [1.54, 1.807) is 24.3 Å². The van der Waals surface area contributed by atoms with Crippen LogP contribution in [0.15, 0.2) is 24.3 Å². The third-order valence-corrected chi connectivity index (χ3v) is 2.60. The standard InChI is InChI=1S/C11H11ClN2O2/c12-8-3-1-4-9(7-8)14-10(15)5-2-6-13-11(14)16/h1,3-4,7H,2,5-6H2,(H,13,16). The van der Waals surface area contributed by atoms with Crippen molar-refractivity contribution in [2.24, 2.45) is 0 Å². The van der Waals surface area contributed by atoms with Crippen molar-refractivity contribution >= 4 is 29.2 Å². The zero-order valence-corrected chi connectivity index (χ0v) is 9.33. The van der Waals surface area contributed by atoms with E-state index in [9.17, 15) is 9.59 Å². The number of imide groups is 1. The van der Waals surface area contributed by atoms with Crippen molar-refractivity contribution < 1.29 is 9.59 Å². The molecule has 0 unspecified atom stereocenters. The van der Waals surface area contributed by atoms with Gasteiger partial charge in [0.1, 0.15) is 0 Å². The molecule has 0 radical (unpaired) electrons. The van der Waals surface area contributed by atoms with Crippen molar-refractivity contribution in [3.63, 3.8) is 0 Å². The summed E-state index contributed by atoms with van der Waals surface area (Å²) in [6.45, 7) is 0.529. The summed E-state index contributed by atoms with van der Waals surface area (Å²) < 4.78 is 0. The zero-order valence-electron chi connectivity index (χ0n) is 8.57. The SMILES string of the molecule is O=C1CCCNC(=O)N1c1cccc(Cl)c1. The van der Waals surface area contributed by atoms with E-state index in [4.69, 9.17) is 11.6 Å². The van der Waals surface area contributed by atoms with Crippen LogP contribution in [0.4, 0.5) is 10.5 Å². The molecular weight excluding hydrogens is 228 g/mol. The number of nitrogens with one attached hydrogen (secondary N) is 1. The Morgan fingerprint density at radius 3 is 2.88 bits per heavy atom. The Bertz CT molecular complexity index is 416. The number of rotatable bonds is 1. The Labute approximate surface area is 98.2 Å². The van der Waals surface area contributed by atoms with Gasteiger partial charge in [0.25, 0.3) is 0 Å². The fraction of sp³-hybridized carbons (Fsp3) is 0.273. The van der Waals surface area contributed by atoms with Crippen LogP contribution in [0.5, 0.6) is 0 Å². The smallest absolute Gasteiger partial charge is 0.328 e. The molecule has 16 heavy (non-hydrogen) atoms. The summed E-state index contributed by atoms with van der Waals surface area (Å²) >= 11 is 5.83. The van der Waals surface area contributed by atoms with Gasteiger partial charge in [0, 0.05) is 18.0 Å². The number of anilines is 1. The first kappa shape index (κ1) is 11.0. The van der Waals surface area contributed by atoms with E-state index in [0.717, 1.165) is 4.90 Å². The van der Waals surface area contributed by atoms with Gasteiger partial charge in [-0.05, 0) is 24.6 Å². The van der Waals surface area contributed by atoms with Crippen molar-refractivity contribution in [1.82, 2.24) is 5.32 Å². The van der Waals surface area contributed by atoms with Gasteiger partial charge in [-0.2, -0.15) is 0 Å². The second-order valence-corrected chi connectivity index (χ2v) is 3.98. The van der Waals surface area contributed by atoms with Gasteiger partial charge in [-0.25, -0.2) is 9.69 Å². The molecule has 3 amide bonds. The van der Waals surface area contributed by atoms with Gasteiger partial charge in [-0.15, -0.1) is 0 Å². The van der Waals surface area contributed by atoms with Gasteiger partial charge in [-0.1, -0.05) is 17.7 Å². The van der Waals surface area contributed by atoms with E-state index in [-0.39, 0.29) is 11.9 Å². The highest BCUT2D eigenvalue weighted by Gasteiger charge is 2.25. The van der Waals surface area contributed by atoms with Crippen molar-refractivity contribution in [1.29, 1.82) is 0 Å². The van der Waals surface area contributed by atoms with Crippen molar-refractivity contribution in [2.45, 2.75) is 12.8 Å². The number of amides is 3. The summed E-state index contributed by atoms with van der Waals surface area (Å²) in [5.41, 5.74) is 0.511. The first-order valence-corrected chi connectivity index (χ1v) is 5.42. The maximum absolute atomic E-state index is 11.8. The Morgan fingerprint density at radius 1 is 1.31 bits per heavy atom. The highest BCUT2D eigenvalue weighted by molar-refractivity contribution is 6.31. The summed E-state index contributed by atoms with van der Waals surface area (Å²) in [6.07, 6.45) is 1.03. The molecule has 1 saturated heterocycles. The van der Waals surface area contributed by atoms with Gasteiger partial charge in [0.2, 0.25) is 5.91 Å². The molecule has 84 valence electrons. The lowest BCUT2D eigenvalue weighted by Crippen LogP contribution is -2.41. The normalized spacial score (nSPS) is 16.9. The number of nitrogens with zero attached hydrogens (tertiary/aromatic N) is 1. The number of carbonyl (C=O) groups is 2. The molecule has 4 nitrogen and oxygen atoms in total. The molecule has 0 spiro atoms. The minimum Gasteiger partial charge on any atom is -0.337 e. The first-order valence-electron chi connectivity index (χ1n) is 5.05. The van der Waals surface area contributed by atoms with Crippen molar-refractivity contribution in [3.05, 3.63) is 29.3 Å². The first-order chi connectivity index (χ1) is 7.68. The number of halogens is 1. The van der Waals surface area contributed by atoms with Crippen LogP contribution in [-0.4, -0.2) is 18.5 Å². The van der Waals surface area contributed by atoms with Gasteiger partial charge < -0.3 is 5.32 Å². The Balaban J connectivity index is 2.36. The molecule has 1 aliphatic heterocycles. The largest absolute Gasteiger partial charge is 0.337 e. The van der Waals surface area contributed by atoms with Crippen LogP contribution < -0.4 is 10.2 Å². The summed E-state index contributed by atoms with van der Waals surface area (Å²) in [5, 5.41) is 3.17. The monoisotopic (exact) mass is 238 g/mol. The second-order valence-electron chi connectivity index (χ2n) is 3.54. The predicted octanol–water partition coefficient (Wildman–Crippen LogP) is 2.18. The molecule has 0 atom stereocenters. The molecule has 0 saturated carbocycles. The molecule has 1 aliphatic rings. The van der Waals surface area contributed by atoms with E-state index in [0.29, 0.717) is 30.1 Å². The minimum atomic E-state index is -0.384. The van der Waals surface area contributed by atoms with Crippen LogP contribution >= 0.6 is 11.6 Å². The molecule has 0 aliphatic carbocycles. The van der Waals surface area contributed by atoms with Crippen LogP contribution in [0.1, 0.15) is 12.8 Å². The molecule has 0 bridgehead atoms. The van der Waals surface area contributed by atoms with Crippen LogP contribution in [0.25, 0.3) is 0 Å². The zero-order chi connectivity index (χ0) is 11.5. The molecule has 1 aromatic rings. The van der Waals surface area contributed by atoms with Crippen LogP contribution in [-0.2, 0) is 4.79 Å². The topological polar surface area (TPSA) is 49.4 Å². The fourth-order valence-corrected chi connectivity index (χ4v) is 1.80. The third-order valence-electron chi connectivity index (χ3n) is 2.36. The molecule has 1 aromatic carbocycles. The minimum absolute atomic E-state index is 0.197. The molecular formula is C11H11ClN2O2. The molecule has 0 aromatic heterocycles. The van der Waals surface area contributed by atoms with E-state index in [2.05, 4.69) is 5.32 Å². The lowest BCUT2D eigenvalue weighted by atomic mass is 10.2. The summed E-state index contributed by atoms with van der Waals surface area (Å²) in [5.74, 6) is -0.197. The molecule has 1 fully saturated rings. The highest BCUT2D eigenvalue weighted by atomic mass is 35.5. The number of hydrogen-bond donors (Lipinski definition) is 1. The maximum Gasteiger partial charge on any atom is 0.328 e. The van der Waals surface area contributed by atoms with E-state index >= 15 is 0 Å². The summed E-state index contributed by atoms with van der Waals surface area (Å²) in [6, 6.07) is 6.32. The second kappa shape index (κ2) is 4.53. The van der Waals surface area contributed by atoms with Crippen LogP contribution in [0.3, 0.4) is 0 Å². The Kier molecular flexibility index (Phi) is 3.10. The maximum atomic E-state index is 11.8. The average molecular weight is 239 g/mol. The fourth-order valence-electron chi connectivity index (χ4n) is 1.62. The van der Waals surface area contributed by atoms with Gasteiger partial charge >= 0.3 is 6.03 Å². The Morgan fingerprint density at radius 2 is 2.12 bits per heavy atom. The highest BCUT2D eigenvalue weighted by Crippen LogP contribution is 2.21.